The maximum atomic E-state index is 11.9. The summed E-state index contributed by atoms with van der Waals surface area (Å²) in [5.41, 5.74) is 3.09. The second-order valence-corrected chi connectivity index (χ2v) is 5.41. The number of hydrogen-bond donors (Lipinski definition) is 0. The minimum atomic E-state index is 0.0272. The zero-order valence-corrected chi connectivity index (χ0v) is 12.5. The second-order valence-electron chi connectivity index (χ2n) is 5.41. The molecule has 0 unspecified atom stereocenters. The highest BCUT2D eigenvalue weighted by Gasteiger charge is 2.12. The summed E-state index contributed by atoms with van der Waals surface area (Å²) in [6, 6.07) is 8.01. The molecule has 0 aliphatic heterocycles. The molecule has 0 aliphatic carbocycles. The molecule has 3 heteroatoms. The lowest BCUT2D eigenvalue weighted by Gasteiger charge is -2.10. The van der Waals surface area contributed by atoms with Crippen molar-refractivity contribution in [1.82, 2.24) is 4.57 Å². The highest BCUT2D eigenvalue weighted by Crippen LogP contribution is 2.21. The van der Waals surface area contributed by atoms with Gasteiger partial charge >= 0.3 is 0 Å². The fraction of sp³-hybridized carbons (Fsp3) is 0.353. The fourth-order valence-electron chi connectivity index (χ4n) is 2.25. The van der Waals surface area contributed by atoms with E-state index in [2.05, 4.69) is 13.0 Å². The number of aryl methyl sites for hydroxylation is 1. The topological polar surface area (TPSA) is 31.2 Å². The van der Waals surface area contributed by atoms with E-state index in [0.717, 1.165) is 16.9 Å². The third-order valence-electron chi connectivity index (χ3n) is 3.35. The molecule has 0 aliphatic rings. The van der Waals surface area contributed by atoms with Crippen molar-refractivity contribution >= 4 is 5.78 Å². The Hall–Kier alpha value is -2.03. The summed E-state index contributed by atoms with van der Waals surface area (Å²) in [4.78, 5) is 11.9. The van der Waals surface area contributed by atoms with Crippen LogP contribution in [0.4, 0.5) is 0 Å². The SMILES string of the molecule is COc1ccc(C)cc1Cn1ccc(C(=O)C(C)C)c1. The maximum Gasteiger partial charge on any atom is 0.166 e. The van der Waals surface area contributed by atoms with Gasteiger partial charge in [-0.25, -0.2) is 0 Å². The van der Waals surface area contributed by atoms with E-state index in [0.29, 0.717) is 6.54 Å². The lowest BCUT2D eigenvalue weighted by molar-refractivity contribution is 0.0939. The van der Waals surface area contributed by atoms with Gasteiger partial charge in [0.15, 0.2) is 5.78 Å². The van der Waals surface area contributed by atoms with E-state index in [-0.39, 0.29) is 11.7 Å². The molecule has 1 heterocycles. The van der Waals surface area contributed by atoms with Gasteiger partial charge in [0.1, 0.15) is 5.75 Å². The van der Waals surface area contributed by atoms with E-state index in [1.54, 1.807) is 7.11 Å². The maximum absolute atomic E-state index is 11.9. The van der Waals surface area contributed by atoms with Crippen molar-refractivity contribution in [2.75, 3.05) is 7.11 Å². The molecule has 0 radical (unpaired) electrons. The van der Waals surface area contributed by atoms with Crippen LogP contribution in [0.15, 0.2) is 36.7 Å². The molecule has 2 aromatic rings. The van der Waals surface area contributed by atoms with Crippen LogP contribution >= 0.6 is 0 Å². The smallest absolute Gasteiger partial charge is 0.166 e. The van der Waals surface area contributed by atoms with Gasteiger partial charge < -0.3 is 9.30 Å². The molecule has 20 heavy (non-hydrogen) atoms. The number of nitrogens with zero attached hydrogens (tertiary/aromatic N) is 1. The standard InChI is InChI=1S/C17H21NO2/c1-12(2)17(19)14-7-8-18(10-14)11-15-9-13(3)5-6-16(15)20-4/h5-10,12H,11H2,1-4H3. The summed E-state index contributed by atoms with van der Waals surface area (Å²) in [5.74, 6) is 1.08. The number of carbonyl (C=O) groups excluding carboxylic acids is 1. The molecule has 0 spiro atoms. The Morgan fingerprint density at radius 2 is 2.05 bits per heavy atom. The van der Waals surface area contributed by atoms with Crippen LogP contribution in [-0.2, 0) is 6.54 Å². The molecule has 0 fully saturated rings. The van der Waals surface area contributed by atoms with Crippen LogP contribution in [0.3, 0.4) is 0 Å². The third-order valence-corrected chi connectivity index (χ3v) is 3.35. The van der Waals surface area contributed by atoms with Gasteiger partial charge in [-0.2, -0.15) is 0 Å². The molecule has 2 rings (SSSR count). The van der Waals surface area contributed by atoms with Crippen molar-refractivity contribution in [2.24, 2.45) is 5.92 Å². The minimum Gasteiger partial charge on any atom is -0.496 e. The Kier molecular flexibility index (Phi) is 4.28. The molecule has 106 valence electrons. The molecule has 1 aromatic heterocycles. The van der Waals surface area contributed by atoms with Crippen molar-refractivity contribution in [3.05, 3.63) is 53.3 Å². The molecule has 0 N–H and O–H groups in total. The summed E-state index contributed by atoms with van der Waals surface area (Å²) in [5, 5.41) is 0. The van der Waals surface area contributed by atoms with Gasteiger partial charge in [0.2, 0.25) is 0 Å². The molecular weight excluding hydrogens is 250 g/mol. The van der Waals surface area contributed by atoms with Crippen LogP contribution in [0.25, 0.3) is 0 Å². The van der Waals surface area contributed by atoms with Gasteiger partial charge in [0.25, 0.3) is 0 Å². The quantitative estimate of drug-likeness (QED) is 0.777. The van der Waals surface area contributed by atoms with E-state index in [9.17, 15) is 4.79 Å². The van der Waals surface area contributed by atoms with Crippen LogP contribution in [0.5, 0.6) is 5.75 Å². The molecule has 0 saturated carbocycles. The van der Waals surface area contributed by atoms with Crippen LogP contribution in [0.2, 0.25) is 0 Å². The van der Waals surface area contributed by atoms with Gasteiger partial charge in [0, 0.05) is 29.4 Å². The Balaban J connectivity index is 2.23. The summed E-state index contributed by atoms with van der Waals surface area (Å²) < 4.78 is 7.41. The first-order valence-electron chi connectivity index (χ1n) is 6.84. The van der Waals surface area contributed by atoms with Gasteiger partial charge in [-0.15, -0.1) is 0 Å². The van der Waals surface area contributed by atoms with Crippen molar-refractivity contribution in [3.63, 3.8) is 0 Å². The third kappa shape index (κ3) is 3.10. The number of aromatic nitrogens is 1. The number of ketones is 1. The summed E-state index contributed by atoms with van der Waals surface area (Å²) in [7, 11) is 1.68. The Labute approximate surface area is 120 Å². The average Bonchev–Trinajstić information content (AvgIpc) is 2.86. The number of rotatable bonds is 5. The normalized spacial score (nSPS) is 10.8. The predicted molar refractivity (Wildman–Crippen MR) is 80.4 cm³/mol. The Morgan fingerprint density at radius 1 is 1.30 bits per heavy atom. The van der Waals surface area contributed by atoms with Crippen molar-refractivity contribution in [3.8, 4) is 5.75 Å². The van der Waals surface area contributed by atoms with E-state index in [1.807, 2.05) is 49.0 Å². The highest BCUT2D eigenvalue weighted by molar-refractivity contribution is 5.97. The first-order valence-corrected chi connectivity index (χ1v) is 6.84. The van der Waals surface area contributed by atoms with E-state index < -0.39 is 0 Å². The van der Waals surface area contributed by atoms with Crippen molar-refractivity contribution in [1.29, 1.82) is 0 Å². The number of Topliss-reactive ketones (excluding diaryl/α,β-unsaturated/α-hetero) is 1. The van der Waals surface area contributed by atoms with E-state index in [1.165, 1.54) is 5.56 Å². The predicted octanol–water partition coefficient (Wildman–Crippen LogP) is 3.69. The van der Waals surface area contributed by atoms with Gasteiger partial charge in [-0.1, -0.05) is 31.5 Å². The van der Waals surface area contributed by atoms with Crippen LogP contribution in [-0.4, -0.2) is 17.5 Å². The zero-order chi connectivity index (χ0) is 14.7. The Morgan fingerprint density at radius 3 is 2.70 bits per heavy atom. The highest BCUT2D eigenvalue weighted by atomic mass is 16.5. The first kappa shape index (κ1) is 14.4. The van der Waals surface area contributed by atoms with Gasteiger partial charge in [-0.3, -0.25) is 4.79 Å². The number of benzene rings is 1. The number of methoxy groups -OCH3 is 1. The molecule has 0 amide bonds. The average molecular weight is 271 g/mol. The monoisotopic (exact) mass is 271 g/mol. The van der Waals surface area contributed by atoms with Crippen LogP contribution in [0, 0.1) is 12.8 Å². The number of hydrogen-bond acceptors (Lipinski definition) is 2. The molecule has 3 nitrogen and oxygen atoms in total. The van der Waals surface area contributed by atoms with Crippen LogP contribution in [0.1, 0.15) is 35.3 Å². The number of carbonyl (C=O) groups is 1. The minimum absolute atomic E-state index is 0.0272. The summed E-state index contributed by atoms with van der Waals surface area (Å²) >= 11 is 0. The van der Waals surface area contributed by atoms with Crippen LogP contribution < -0.4 is 4.74 Å². The van der Waals surface area contributed by atoms with Gasteiger partial charge in [0.05, 0.1) is 13.7 Å². The largest absolute Gasteiger partial charge is 0.496 e. The molecule has 1 aromatic carbocycles. The fourth-order valence-corrected chi connectivity index (χ4v) is 2.25. The Bertz CT molecular complexity index is 611. The molecule has 0 saturated heterocycles. The second kappa shape index (κ2) is 5.95. The van der Waals surface area contributed by atoms with Gasteiger partial charge in [-0.05, 0) is 19.1 Å². The van der Waals surface area contributed by atoms with E-state index >= 15 is 0 Å². The van der Waals surface area contributed by atoms with Crippen molar-refractivity contribution in [2.45, 2.75) is 27.3 Å². The molecular formula is C17H21NO2. The summed E-state index contributed by atoms with van der Waals surface area (Å²) in [6.07, 6.45) is 3.85. The number of ether oxygens (including phenoxy) is 1. The first-order chi connectivity index (χ1) is 9.51. The lowest BCUT2D eigenvalue weighted by Crippen LogP contribution is -2.06. The summed E-state index contributed by atoms with van der Waals surface area (Å²) in [6.45, 7) is 6.61. The van der Waals surface area contributed by atoms with Crippen molar-refractivity contribution < 1.29 is 9.53 Å². The lowest BCUT2D eigenvalue weighted by atomic mass is 10.0. The molecule has 0 atom stereocenters. The van der Waals surface area contributed by atoms with E-state index in [4.69, 9.17) is 4.74 Å². The molecule has 0 bridgehead atoms. The zero-order valence-electron chi connectivity index (χ0n) is 12.5.